The van der Waals surface area contributed by atoms with Gasteiger partial charge in [-0.25, -0.2) is 0 Å². The Kier molecular flexibility index (Phi) is 8.89. The highest BCUT2D eigenvalue weighted by atomic mass is 79.9. The molecule has 0 spiro atoms. The van der Waals surface area contributed by atoms with Gasteiger partial charge in [0.25, 0.3) is 0 Å². The Hall–Kier alpha value is -2.76. The number of ether oxygens (including phenoxy) is 2. The van der Waals surface area contributed by atoms with Gasteiger partial charge < -0.3 is 14.8 Å². The van der Waals surface area contributed by atoms with Crippen molar-refractivity contribution in [3.63, 3.8) is 0 Å². The van der Waals surface area contributed by atoms with E-state index in [1.807, 2.05) is 33.9 Å². The molecule has 0 unspecified atom stereocenters. The van der Waals surface area contributed by atoms with Crippen LogP contribution in [0.4, 0.5) is 0 Å². The van der Waals surface area contributed by atoms with Crippen LogP contribution >= 0.6 is 31.9 Å². The second kappa shape index (κ2) is 12.3. The number of aryl methyl sites for hydroxylation is 4. The molecule has 2 heterocycles. The van der Waals surface area contributed by atoms with Gasteiger partial charge in [0.05, 0.1) is 34.6 Å². The Morgan fingerprint density at radius 2 is 1.20 bits per heavy atom. The molecule has 0 aliphatic carbocycles. The first-order chi connectivity index (χ1) is 17.0. The molecule has 0 aliphatic heterocycles. The number of methoxy groups -OCH3 is 2. The van der Waals surface area contributed by atoms with Crippen LogP contribution in [0.1, 0.15) is 22.5 Å². The van der Waals surface area contributed by atoms with Crippen LogP contribution in [0.2, 0.25) is 0 Å². The Morgan fingerprint density at radius 1 is 0.743 bits per heavy atom. The van der Waals surface area contributed by atoms with Gasteiger partial charge in [-0.3, -0.25) is 9.36 Å². The van der Waals surface area contributed by atoms with Crippen LogP contribution in [-0.4, -0.2) is 44.2 Å². The second-order valence-electron chi connectivity index (χ2n) is 7.99. The SMILES string of the molecule is COc1ccc(CCn2cc(CNCc3cn(CCc4ccc(OC)c(Br)c4)nn3)nn2)cc1Br. The predicted molar refractivity (Wildman–Crippen MR) is 139 cm³/mol. The summed E-state index contributed by atoms with van der Waals surface area (Å²) in [6.07, 6.45) is 5.65. The topological polar surface area (TPSA) is 91.9 Å². The molecule has 0 saturated carbocycles. The number of hydrogen-bond acceptors (Lipinski definition) is 7. The number of hydrogen-bond donors (Lipinski definition) is 1. The fourth-order valence-corrected chi connectivity index (χ4v) is 4.77. The maximum atomic E-state index is 5.28. The molecule has 0 atom stereocenters. The third kappa shape index (κ3) is 7.12. The molecule has 2 aromatic heterocycles. The first-order valence-corrected chi connectivity index (χ1v) is 12.8. The number of rotatable bonds is 12. The van der Waals surface area contributed by atoms with Gasteiger partial charge in [0.1, 0.15) is 11.5 Å². The minimum absolute atomic E-state index is 0.612. The molecule has 184 valence electrons. The lowest BCUT2D eigenvalue weighted by Gasteiger charge is -2.06. The van der Waals surface area contributed by atoms with Crippen LogP contribution in [0, 0.1) is 0 Å². The summed E-state index contributed by atoms with van der Waals surface area (Å²) in [5.41, 5.74) is 4.18. The molecule has 0 aliphatic rings. The van der Waals surface area contributed by atoms with Crippen molar-refractivity contribution in [1.29, 1.82) is 0 Å². The molecular formula is C24H27Br2N7O2. The van der Waals surface area contributed by atoms with E-state index in [-0.39, 0.29) is 0 Å². The van der Waals surface area contributed by atoms with E-state index in [0.29, 0.717) is 13.1 Å². The predicted octanol–water partition coefficient (Wildman–Crippen LogP) is 4.19. The molecule has 35 heavy (non-hydrogen) atoms. The summed E-state index contributed by atoms with van der Waals surface area (Å²) in [6, 6.07) is 12.2. The fourth-order valence-electron chi connectivity index (χ4n) is 3.59. The molecule has 11 heteroatoms. The molecule has 0 amide bonds. The lowest BCUT2D eigenvalue weighted by atomic mass is 10.1. The van der Waals surface area contributed by atoms with Crippen LogP contribution in [-0.2, 0) is 39.0 Å². The van der Waals surface area contributed by atoms with E-state index >= 15 is 0 Å². The second-order valence-corrected chi connectivity index (χ2v) is 9.70. The highest BCUT2D eigenvalue weighted by Gasteiger charge is 2.07. The van der Waals surface area contributed by atoms with E-state index in [0.717, 1.165) is 57.8 Å². The molecule has 9 nitrogen and oxygen atoms in total. The summed E-state index contributed by atoms with van der Waals surface area (Å²) in [5, 5.41) is 20.3. The standard InChI is InChI=1S/C24H27Br2N7O2/c1-34-23-5-3-17(11-21(23)25)7-9-32-15-19(28-30-32)13-27-14-20-16-33(31-29-20)10-8-18-4-6-24(35-2)22(26)12-18/h3-6,11-12,15-16,27H,7-10,13-14H2,1-2H3. The molecule has 0 saturated heterocycles. The summed E-state index contributed by atoms with van der Waals surface area (Å²) in [4.78, 5) is 0. The third-order valence-electron chi connectivity index (χ3n) is 5.48. The van der Waals surface area contributed by atoms with Gasteiger partial charge in [0, 0.05) is 38.6 Å². The lowest BCUT2D eigenvalue weighted by molar-refractivity contribution is 0.412. The van der Waals surface area contributed by atoms with E-state index in [9.17, 15) is 0 Å². The smallest absolute Gasteiger partial charge is 0.133 e. The average Bonchev–Trinajstić information content (AvgIpc) is 3.51. The minimum atomic E-state index is 0.612. The summed E-state index contributed by atoms with van der Waals surface area (Å²) in [7, 11) is 3.33. The van der Waals surface area contributed by atoms with Gasteiger partial charge in [0.15, 0.2) is 0 Å². The zero-order valence-corrected chi connectivity index (χ0v) is 22.8. The van der Waals surface area contributed by atoms with Crippen molar-refractivity contribution in [3.05, 3.63) is 80.3 Å². The third-order valence-corrected chi connectivity index (χ3v) is 6.72. The normalized spacial score (nSPS) is 11.1. The summed E-state index contributed by atoms with van der Waals surface area (Å²) in [6.45, 7) is 2.73. The van der Waals surface area contributed by atoms with Gasteiger partial charge in [-0.05, 0) is 80.1 Å². The first-order valence-electron chi connectivity index (χ1n) is 11.2. The van der Waals surface area contributed by atoms with E-state index in [4.69, 9.17) is 9.47 Å². The molecule has 4 rings (SSSR count). The lowest BCUT2D eigenvalue weighted by Crippen LogP contribution is -2.13. The van der Waals surface area contributed by atoms with E-state index < -0.39 is 0 Å². The van der Waals surface area contributed by atoms with Crippen LogP contribution in [0.15, 0.2) is 57.7 Å². The number of nitrogens with zero attached hydrogens (tertiary/aromatic N) is 6. The van der Waals surface area contributed by atoms with E-state index in [1.54, 1.807) is 14.2 Å². The van der Waals surface area contributed by atoms with Gasteiger partial charge in [-0.2, -0.15) is 0 Å². The quantitative estimate of drug-likeness (QED) is 0.259. The molecule has 0 radical (unpaired) electrons. The van der Waals surface area contributed by atoms with Gasteiger partial charge in [-0.15, -0.1) is 10.2 Å². The monoisotopic (exact) mass is 603 g/mol. The Morgan fingerprint density at radius 3 is 1.60 bits per heavy atom. The summed E-state index contributed by atoms with van der Waals surface area (Å²) >= 11 is 7.06. The average molecular weight is 605 g/mol. The van der Waals surface area contributed by atoms with Crippen molar-refractivity contribution in [2.24, 2.45) is 0 Å². The molecule has 4 aromatic rings. The van der Waals surface area contributed by atoms with E-state index in [2.05, 4.69) is 82.1 Å². The van der Waals surface area contributed by atoms with Crippen LogP contribution in [0.25, 0.3) is 0 Å². The first kappa shape index (κ1) is 25.3. The van der Waals surface area contributed by atoms with Crippen LogP contribution in [0.5, 0.6) is 11.5 Å². The zero-order chi connectivity index (χ0) is 24.6. The molecule has 0 fully saturated rings. The zero-order valence-electron chi connectivity index (χ0n) is 19.6. The Balaban J connectivity index is 1.19. The highest BCUT2D eigenvalue weighted by Crippen LogP contribution is 2.26. The highest BCUT2D eigenvalue weighted by molar-refractivity contribution is 9.10. The molecule has 2 aromatic carbocycles. The van der Waals surface area contributed by atoms with Crippen molar-refractivity contribution in [2.75, 3.05) is 14.2 Å². The molecule has 0 bridgehead atoms. The Bertz CT molecular complexity index is 1160. The van der Waals surface area contributed by atoms with Crippen molar-refractivity contribution in [2.45, 2.75) is 39.0 Å². The summed E-state index contributed by atoms with van der Waals surface area (Å²) < 4.78 is 16.2. The molecular weight excluding hydrogens is 578 g/mol. The summed E-state index contributed by atoms with van der Waals surface area (Å²) in [5.74, 6) is 1.65. The number of nitrogens with one attached hydrogen (secondary N) is 1. The number of halogens is 2. The molecule has 1 N–H and O–H groups in total. The minimum Gasteiger partial charge on any atom is -0.496 e. The number of aromatic nitrogens is 6. The van der Waals surface area contributed by atoms with Gasteiger partial charge in [0.2, 0.25) is 0 Å². The van der Waals surface area contributed by atoms with Crippen molar-refractivity contribution < 1.29 is 9.47 Å². The van der Waals surface area contributed by atoms with Crippen LogP contribution < -0.4 is 14.8 Å². The maximum Gasteiger partial charge on any atom is 0.133 e. The fraction of sp³-hybridized carbons (Fsp3) is 0.333. The maximum absolute atomic E-state index is 5.28. The van der Waals surface area contributed by atoms with Gasteiger partial charge >= 0.3 is 0 Å². The van der Waals surface area contributed by atoms with Crippen LogP contribution in [0.3, 0.4) is 0 Å². The van der Waals surface area contributed by atoms with E-state index in [1.165, 1.54) is 11.1 Å². The largest absolute Gasteiger partial charge is 0.496 e. The number of benzene rings is 2. The van der Waals surface area contributed by atoms with Crippen molar-refractivity contribution in [1.82, 2.24) is 35.3 Å². The van der Waals surface area contributed by atoms with Crippen molar-refractivity contribution in [3.8, 4) is 11.5 Å². The Labute approximate surface area is 221 Å². The van der Waals surface area contributed by atoms with Gasteiger partial charge in [-0.1, -0.05) is 22.6 Å². The van der Waals surface area contributed by atoms with Crippen molar-refractivity contribution >= 4 is 31.9 Å².